The molecule has 0 atom stereocenters. The first-order valence-corrected chi connectivity index (χ1v) is 13.7. The van der Waals surface area contributed by atoms with Crippen molar-refractivity contribution in [3.05, 3.63) is 48.5 Å². The van der Waals surface area contributed by atoms with Crippen molar-refractivity contribution in [2.24, 2.45) is 0 Å². The van der Waals surface area contributed by atoms with E-state index in [0.29, 0.717) is 0 Å². The zero-order valence-electron chi connectivity index (χ0n) is 21.5. The fourth-order valence-electron chi connectivity index (χ4n) is 4.14. The summed E-state index contributed by atoms with van der Waals surface area (Å²) < 4.78 is 11.8. The number of unbranched alkanes of at least 4 members (excludes halogenated alkanes) is 13. The minimum atomic E-state index is 0.798. The molecule has 186 valence electrons. The Morgan fingerprint density at radius 3 is 1.32 bits per heavy atom. The van der Waals surface area contributed by atoms with Gasteiger partial charge < -0.3 is 9.47 Å². The van der Waals surface area contributed by atoms with Gasteiger partial charge in [0.15, 0.2) is 0 Å². The highest BCUT2D eigenvalue weighted by molar-refractivity contribution is 5.64. The van der Waals surface area contributed by atoms with Gasteiger partial charge in [0.2, 0.25) is 0 Å². The molecule has 0 amide bonds. The highest BCUT2D eigenvalue weighted by Gasteiger charge is 2.01. The van der Waals surface area contributed by atoms with E-state index in [9.17, 15) is 0 Å². The lowest BCUT2D eigenvalue weighted by atomic mass is 10.1. The molecule has 0 aliphatic heterocycles. The zero-order chi connectivity index (χ0) is 24.1. The molecular formula is C32H46O2. The molecule has 0 spiro atoms. The topological polar surface area (TPSA) is 18.5 Å². The van der Waals surface area contributed by atoms with Crippen molar-refractivity contribution < 1.29 is 9.47 Å². The van der Waals surface area contributed by atoms with Crippen LogP contribution >= 0.6 is 0 Å². The van der Waals surface area contributed by atoms with Gasteiger partial charge >= 0.3 is 0 Å². The van der Waals surface area contributed by atoms with Crippen LogP contribution in [0.3, 0.4) is 0 Å². The Balaban J connectivity index is 1.56. The van der Waals surface area contributed by atoms with Gasteiger partial charge in [-0.1, -0.05) is 102 Å². The van der Waals surface area contributed by atoms with Crippen LogP contribution in [-0.4, -0.2) is 13.2 Å². The van der Waals surface area contributed by atoms with E-state index in [4.69, 9.17) is 15.9 Å². The van der Waals surface area contributed by atoms with Crippen LogP contribution in [0, 0.1) is 12.3 Å². The van der Waals surface area contributed by atoms with E-state index in [2.05, 4.69) is 61.4 Å². The summed E-state index contributed by atoms with van der Waals surface area (Å²) in [6, 6.07) is 16.9. The fourth-order valence-corrected chi connectivity index (χ4v) is 4.14. The maximum absolute atomic E-state index is 5.93. The maximum Gasteiger partial charge on any atom is 0.119 e. The van der Waals surface area contributed by atoms with Gasteiger partial charge in [-0.25, -0.2) is 0 Å². The van der Waals surface area contributed by atoms with Crippen molar-refractivity contribution in [1.82, 2.24) is 0 Å². The molecule has 2 rings (SSSR count). The van der Waals surface area contributed by atoms with E-state index >= 15 is 0 Å². The average molecular weight is 463 g/mol. The quantitative estimate of drug-likeness (QED) is 0.144. The summed E-state index contributed by atoms with van der Waals surface area (Å²) in [6.45, 7) is 3.86. The van der Waals surface area contributed by atoms with E-state index in [1.807, 2.05) is 0 Å². The van der Waals surface area contributed by atoms with Crippen molar-refractivity contribution in [1.29, 1.82) is 0 Å². The molecule has 2 aromatic rings. The molecule has 0 aliphatic carbocycles. The first kappa shape index (κ1) is 27.8. The van der Waals surface area contributed by atoms with Gasteiger partial charge in [0, 0.05) is 6.42 Å². The molecule has 2 nitrogen and oxygen atoms in total. The highest BCUT2D eigenvalue weighted by atomic mass is 16.5. The van der Waals surface area contributed by atoms with Crippen molar-refractivity contribution in [3.8, 4) is 35.0 Å². The number of ether oxygens (including phenoxy) is 2. The second-order valence-electron chi connectivity index (χ2n) is 9.30. The smallest absolute Gasteiger partial charge is 0.119 e. The molecule has 0 bridgehead atoms. The van der Waals surface area contributed by atoms with Crippen LogP contribution in [0.15, 0.2) is 48.5 Å². The van der Waals surface area contributed by atoms with Gasteiger partial charge in [-0.2, -0.15) is 0 Å². The molecule has 0 N–H and O–H groups in total. The number of benzene rings is 2. The molecule has 0 saturated heterocycles. The summed E-state index contributed by atoms with van der Waals surface area (Å²) in [5.41, 5.74) is 2.41. The van der Waals surface area contributed by atoms with Gasteiger partial charge in [-0.05, 0) is 54.7 Å². The van der Waals surface area contributed by atoms with E-state index in [-0.39, 0.29) is 0 Å². The molecule has 0 fully saturated rings. The lowest BCUT2D eigenvalue weighted by Crippen LogP contribution is -1.97. The maximum atomic E-state index is 5.93. The van der Waals surface area contributed by atoms with Crippen molar-refractivity contribution in [2.75, 3.05) is 13.2 Å². The van der Waals surface area contributed by atoms with Crippen LogP contribution in [0.4, 0.5) is 0 Å². The van der Waals surface area contributed by atoms with Crippen LogP contribution in [0.25, 0.3) is 11.1 Å². The van der Waals surface area contributed by atoms with Crippen molar-refractivity contribution >= 4 is 0 Å². The summed E-state index contributed by atoms with van der Waals surface area (Å²) in [6.07, 6.45) is 24.1. The molecule has 0 radical (unpaired) electrons. The van der Waals surface area contributed by atoms with E-state index in [1.54, 1.807) is 0 Å². The first-order valence-electron chi connectivity index (χ1n) is 13.7. The Labute approximate surface area is 209 Å². The minimum Gasteiger partial charge on any atom is -0.494 e. The normalized spacial score (nSPS) is 10.7. The Kier molecular flexibility index (Phi) is 15.5. The Morgan fingerprint density at radius 1 is 0.529 bits per heavy atom. The van der Waals surface area contributed by atoms with E-state index in [1.165, 1.54) is 88.2 Å². The summed E-state index contributed by atoms with van der Waals surface area (Å²) in [5.74, 6) is 4.63. The van der Waals surface area contributed by atoms with Crippen molar-refractivity contribution in [2.45, 2.75) is 103 Å². The average Bonchev–Trinajstić information content (AvgIpc) is 2.87. The predicted octanol–water partition coefficient (Wildman–Crippen LogP) is 9.62. The van der Waals surface area contributed by atoms with Gasteiger partial charge in [-0.3, -0.25) is 0 Å². The second kappa shape index (κ2) is 19.0. The monoisotopic (exact) mass is 462 g/mol. The van der Waals surface area contributed by atoms with Crippen LogP contribution in [0.5, 0.6) is 11.5 Å². The third-order valence-corrected chi connectivity index (χ3v) is 6.29. The number of terminal acetylenes is 1. The fraction of sp³-hybridized carbons (Fsp3) is 0.562. The zero-order valence-corrected chi connectivity index (χ0v) is 21.5. The molecule has 0 heterocycles. The predicted molar refractivity (Wildman–Crippen MR) is 147 cm³/mol. The van der Waals surface area contributed by atoms with Crippen molar-refractivity contribution in [3.63, 3.8) is 0 Å². The largest absolute Gasteiger partial charge is 0.494 e. The third-order valence-electron chi connectivity index (χ3n) is 6.29. The lowest BCUT2D eigenvalue weighted by Gasteiger charge is -2.09. The van der Waals surface area contributed by atoms with Crippen LogP contribution in [0.1, 0.15) is 103 Å². The summed E-state index contributed by atoms with van der Waals surface area (Å²) in [5, 5.41) is 0. The molecule has 2 aromatic carbocycles. The van der Waals surface area contributed by atoms with E-state index in [0.717, 1.165) is 44.0 Å². The number of rotatable bonds is 20. The van der Waals surface area contributed by atoms with Gasteiger partial charge in [-0.15, -0.1) is 12.3 Å². The van der Waals surface area contributed by atoms with Crippen LogP contribution < -0.4 is 9.47 Å². The summed E-state index contributed by atoms with van der Waals surface area (Å²) >= 11 is 0. The molecule has 2 heteroatoms. The first-order chi connectivity index (χ1) is 16.8. The Bertz CT molecular complexity index is 770. The molecule has 34 heavy (non-hydrogen) atoms. The molecule has 0 aromatic heterocycles. The highest BCUT2D eigenvalue weighted by Crippen LogP contribution is 2.25. The molecule has 0 aliphatic rings. The Morgan fingerprint density at radius 2 is 0.912 bits per heavy atom. The van der Waals surface area contributed by atoms with Gasteiger partial charge in [0.25, 0.3) is 0 Å². The molecule has 0 saturated carbocycles. The minimum absolute atomic E-state index is 0.798. The van der Waals surface area contributed by atoms with E-state index < -0.39 is 0 Å². The third kappa shape index (κ3) is 12.7. The Hall–Kier alpha value is -2.40. The van der Waals surface area contributed by atoms with Crippen LogP contribution in [0.2, 0.25) is 0 Å². The van der Waals surface area contributed by atoms with Gasteiger partial charge in [0.05, 0.1) is 13.2 Å². The lowest BCUT2D eigenvalue weighted by molar-refractivity contribution is 0.304. The summed E-state index contributed by atoms with van der Waals surface area (Å²) in [7, 11) is 0. The SMILES string of the molecule is C#CCCCCCCCCCCOc1ccc(-c2ccc(OCCCCCCCC)cc2)cc1. The number of hydrogen-bond acceptors (Lipinski definition) is 2. The summed E-state index contributed by atoms with van der Waals surface area (Å²) in [4.78, 5) is 0. The standard InChI is InChI=1S/C32H46O2/c1-3-5-7-9-11-12-13-14-16-18-28-34-32-25-21-30(22-26-32)29-19-23-31(24-20-29)33-27-17-15-10-8-6-4-2/h1,19-26H,4-18,27-28H2,2H3. The van der Waals surface area contributed by atoms with Crippen LogP contribution in [-0.2, 0) is 0 Å². The van der Waals surface area contributed by atoms with Gasteiger partial charge in [0.1, 0.15) is 11.5 Å². The molecular weight excluding hydrogens is 416 g/mol. The second-order valence-corrected chi connectivity index (χ2v) is 9.30. The number of hydrogen-bond donors (Lipinski definition) is 0. The molecule has 0 unspecified atom stereocenters.